The number of aliphatic hydroxyl groups is 4. The van der Waals surface area contributed by atoms with Crippen LogP contribution in [0.1, 0.15) is 12.6 Å². The van der Waals surface area contributed by atoms with Crippen LogP contribution in [0.5, 0.6) is 0 Å². The zero-order valence-corrected chi connectivity index (χ0v) is 19.7. The van der Waals surface area contributed by atoms with E-state index in [0.29, 0.717) is 0 Å². The zero-order chi connectivity index (χ0) is 27.2. The number of hydrogen-bond donors (Lipinski definition) is 7. The van der Waals surface area contributed by atoms with Gasteiger partial charge in [0.05, 0.1) is 12.7 Å². The van der Waals surface area contributed by atoms with E-state index in [2.05, 4.69) is 4.98 Å². The van der Waals surface area contributed by atoms with Gasteiger partial charge in [0.2, 0.25) is 5.91 Å². The van der Waals surface area contributed by atoms with Crippen molar-refractivity contribution in [2.24, 2.45) is 5.92 Å². The third-order valence-electron chi connectivity index (χ3n) is 6.36. The molecule has 18 nitrogen and oxygen atoms in total. The molecule has 3 aliphatic heterocycles. The van der Waals surface area contributed by atoms with E-state index < -0.39 is 87.1 Å². The van der Waals surface area contributed by atoms with Crippen LogP contribution < -0.4 is 21.6 Å². The summed E-state index contributed by atoms with van der Waals surface area (Å²) >= 11 is 0. The van der Waals surface area contributed by atoms with Crippen LogP contribution in [0, 0.1) is 5.92 Å². The summed E-state index contributed by atoms with van der Waals surface area (Å²) in [6.07, 6.45) is -13.0. The molecule has 0 saturated carbocycles. The second-order valence-electron chi connectivity index (χ2n) is 8.67. The standard InChI is InChI=1S/C18H26N5O13P/c19-7-1-3-22(17(29)20-7)15-10(26)9(6(5-24)34-15)13(36-37(31,32)33)14-11(27)12(28)16(35-14)23-4-2-8(25)21-18(23)30/h1,3,6,9-16,24,26-28H,2,4-5H2,(H2,19,20,29)(H,21,25,30)(H2,31,32,33)/p-1. The summed E-state index contributed by atoms with van der Waals surface area (Å²) in [5, 5.41) is 44.2. The van der Waals surface area contributed by atoms with Crippen molar-refractivity contribution in [3.8, 4) is 0 Å². The maximum Gasteiger partial charge on any atom is 0.351 e. The summed E-state index contributed by atoms with van der Waals surface area (Å²) in [7, 11) is -5.62. The molecule has 4 heterocycles. The number of phosphoric acid groups is 1. The number of aromatic nitrogens is 2. The van der Waals surface area contributed by atoms with Gasteiger partial charge in [-0.3, -0.25) is 24.1 Å². The van der Waals surface area contributed by atoms with Crippen LogP contribution in [0.4, 0.5) is 10.6 Å². The van der Waals surface area contributed by atoms with E-state index in [1.807, 2.05) is 5.32 Å². The van der Waals surface area contributed by atoms with Gasteiger partial charge in [0.25, 0.3) is 7.82 Å². The molecule has 3 amide bonds. The van der Waals surface area contributed by atoms with Crippen molar-refractivity contribution in [3.63, 3.8) is 0 Å². The first-order chi connectivity index (χ1) is 17.3. The number of nitrogens with two attached hydrogens (primary N) is 1. The molecular formula is C18H25N5O13P-. The van der Waals surface area contributed by atoms with Gasteiger partial charge in [-0.25, -0.2) is 9.59 Å². The minimum atomic E-state index is -5.62. The molecule has 0 bridgehead atoms. The summed E-state index contributed by atoms with van der Waals surface area (Å²) < 4.78 is 28.4. The number of carbonyl (C=O) groups is 2. The number of imide groups is 1. The number of hydrogen-bond acceptors (Lipinski definition) is 14. The Hall–Kier alpha value is -2.51. The highest BCUT2D eigenvalue weighted by atomic mass is 31.2. The van der Waals surface area contributed by atoms with Crippen molar-refractivity contribution in [1.29, 1.82) is 0 Å². The Labute approximate surface area is 207 Å². The highest BCUT2D eigenvalue weighted by Crippen LogP contribution is 2.45. The van der Waals surface area contributed by atoms with Crippen LogP contribution in [-0.2, 0) is 23.4 Å². The summed E-state index contributed by atoms with van der Waals surface area (Å²) in [6, 6.07) is 0.265. The molecule has 0 spiro atoms. The van der Waals surface area contributed by atoms with E-state index in [4.69, 9.17) is 19.7 Å². The number of anilines is 1. The Morgan fingerprint density at radius 2 is 1.92 bits per heavy atom. The van der Waals surface area contributed by atoms with Crippen molar-refractivity contribution >= 4 is 25.6 Å². The maximum atomic E-state index is 12.3. The average molecular weight is 550 g/mol. The molecule has 1 aromatic heterocycles. The number of aliphatic hydroxyl groups excluding tert-OH is 4. The molecule has 0 aromatic carbocycles. The molecule has 206 valence electrons. The van der Waals surface area contributed by atoms with Crippen LogP contribution >= 0.6 is 7.82 Å². The Kier molecular flexibility index (Phi) is 7.69. The fourth-order valence-corrected chi connectivity index (χ4v) is 5.29. The number of rotatable bonds is 7. The Morgan fingerprint density at radius 3 is 2.51 bits per heavy atom. The fourth-order valence-electron chi connectivity index (χ4n) is 4.72. The Balaban J connectivity index is 1.67. The second-order valence-corrected chi connectivity index (χ2v) is 9.81. The van der Waals surface area contributed by atoms with E-state index in [1.165, 1.54) is 6.07 Å². The SMILES string of the molecule is Nc1ccn(C2OC(CO)C(C(OP(=O)([O-])O)C3OC(N4CCC(=O)NC4=O)C(O)C3O)C2O)c(=O)n1. The topological polar surface area (TPSA) is 279 Å². The van der Waals surface area contributed by atoms with Gasteiger partial charge in [0.1, 0.15) is 36.3 Å². The van der Waals surface area contributed by atoms with Crippen LogP contribution in [0.2, 0.25) is 0 Å². The van der Waals surface area contributed by atoms with Gasteiger partial charge < -0.3 is 49.9 Å². The number of carbonyl (C=O) groups excluding carboxylic acids is 2. The normalized spacial score (nSPS) is 36.9. The first-order valence-electron chi connectivity index (χ1n) is 11.0. The molecular weight excluding hydrogens is 525 g/mol. The number of nitrogen functional groups attached to an aromatic ring is 1. The van der Waals surface area contributed by atoms with Crippen molar-refractivity contribution in [2.75, 3.05) is 18.9 Å². The Bertz CT molecular complexity index is 1150. The second kappa shape index (κ2) is 10.3. The largest absolute Gasteiger partial charge is 0.756 e. The summed E-state index contributed by atoms with van der Waals surface area (Å²) in [4.78, 5) is 61.6. The van der Waals surface area contributed by atoms with Crippen molar-refractivity contribution in [3.05, 3.63) is 22.7 Å². The van der Waals surface area contributed by atoms with Crippen LogP contribution in [0.15, 0.2) is 17.1 Å². The minimum Gasteiger partial charge on any atom is -0.756 e. The first kappa shape index (κ1) is 27.5. The number of urea groups is 1. The van der Waals surface area contributed by atoms with Gasteiger partial charge in [0.15, 0.2) is 12.5 Å². The van der Waals surface area contributed by atoms with Crippen LogP contribution in [0.3, 0.4) is 0 Å². The number of amides is 3. The summed E-state index contributed by atoms with van der Waals surface area (Å²) in [6.45, 7) is -1.06. The zero-order valence-electron chi connectivity index (χ0n) is 18.8. The molecule has 3 saturated heterocycles. The van der Waals surface area contributed by atoms with Gasteiger partial charge in [-0.1, -0.05) is 0 Å². The molecule has 10 unspecified atom stereocenters. The molecule has 3 aliphatic rings. The lowest BCUT2D eigenvalue weighted by Gasteiger charge is -2.36. The fraction of sp³-hybridized carbons (Fsp3) is 0.667. The lowest BCUT2D eigenvalue weighted by atomic mass is 9.87. The molecule has 0 aliphatic carbocycles. The lowest BCUT2D eigenvalue weighted by molar-refractivity contribution is -0.235. The molecule has 19 heteroatoms. The highest BCUT2D eigenvalue weighted by molar-refractivity contribution is 7.44. The average Bonchev–Trinajstić information content (AvgIpc) is 3.28. The molecule has 0 radical (unpaired) electrons. The van der Waals surface area contributed by atoms with Crippen molar-refractivity contribution in [1.82, 2.24) is 19.8 Å². The molecule has 3 fully saturated rings. The molecule has 10 atom stereocenters. The predicted octanol–water partition coefficient (Wildman–Crippen LogP) is -5.07. The van der Waals surface area contributed by atoms with Crippen molar-refractivity contribution < 1.29 is 58.4 Å². The summed E-state index contributed by atoms with van der Waals surface area (Å²) in [5.74, 6) is -2.31. The number of phosphoric ester groups is 1. The number of ether oxygens (including phenoxy) is 2. The third-order valence-corrected chi connectivity index (χ3v) is 6.87. The monoisotopic (exact) mass is 550 g/mol. The van der Waals surface area contributed by atoms with Gasteiger partial charge >= 0.3 is 11.7 Å². The summed E-state index contributed by atoms with van der Waals surface area (Å²) in [5.41, 5.74) is 4.51. The third kappa shape index (κ3) is 5.39. The van der Waals surface area contributed by atoms with Crippen LogP contribution in [-0.4, -0.2) is 108 Å². The molecule has 4 rings (SSSR count). The quantitative estimate of drug-likeness (QED) is 0.156. The van der Waals surface area contributed by atoms with Gasteiger partial charge in [-0.05, 0) is 6.07 Å². The van der Waals surface area contributed by atoms with E-state index in [0.717, 1.165) is 15.7 Å². The lowest BCUT2D eigenvalue weighted by Crippen LogP contribution is -2.56. The van der Waals surface area contributed by atoms with Crippen LogP contribution in [0.25, 0.3) is 0 Å². The van der Waals surface area contributed by atoms with E-state index in [9.17, 15) is 49.2 Å². The van der Waals surface area contributed by atoms with Gasteiger partial charge in [-0.15, -0.1) is 0 Å². The van der Waals surface area contributed by atoms with E-state index in [-0.39, 0.29) is 18.8 Å². The van der Waals surface area contributed by atoms with Gasteiger partial charge in [-0.2, -0.15) is 4.98 Å². The smallest absolute Gasteiger partial charge is 0.351 e. The van der Waals surface area contributed by atoms with E-state index in [1.54, 1.807) is 0 Å². The minimum absolute atomic E-state index is 0.135. The number of nitrogens with one attached hydrogen (secondary N) is 1. The maximum absolute atomic E-state index is 12.3. The highest BCUT2D eigenvalue weighted by Gasteiger charge is 2.58. The van der Waals surface area contributed by atoms with Crippen molar-refractivity contribution in [2.45, 2.75) is 55.5 Å². The first-order valence-corrected chi connectivity index (χ1v) is 12.4. The Morgan fingerprint density at radius 1 is 1.22 bits per heavy atom. The molecule has 1 aromatic rings. The van der Waals surface area contributed by atoms with E-state index >= 15 is 0 Å². The number of nitrogens with zero attached hydrogens (tertiary/aromatic N) is 3. The molecule has 8 N–H and O–H groups in total. The van der Waals surface area contributed by atoms with Gasteiger partial charge in [0, 0.05) is 25.1 Å². The molecule has 37 heavy (non-hydrogen) atoms. The predicted molar refractivity (Wildman–Crippen MR) is 114 cm³/mol.